The number of nitrogens with zero attached hydrogens (tertiary/aromatic N) is 1. The van der Waals surface area contributed by atoms with E-state index in [2.05, 4.69) is 21.2 Å². The van der Waals surface area contributed by atoms with Crippen molar-refractivity contribution < 1.29 is 17.9 Å². The van der Waals surface area contributed by atoms with Gasteiger partial charge in [-0.15, -0.1) is 0 Å². The van der Waals surface area contributed by atoms with Gasteiger partial charge in [0, 0.05) is 10.2 Å². The van der Waals surface area contributed by atoms with Gasteiger partial charge in [-0.05, 0) is 48.9 Å². The van der Waals surface area contributed by atoms with Crippen molar-refractivity contribution in [1.82, 2.24) is 0 Å². The number of methoxy groups -OCH3 is 1. The Morgan fingerprint density at radius 2 is 1.84 bits per heavy atom. The Bertz CT molecular complexity index is 867. The maximum atomic E-state index is 12.3. The molecular formula is C17H19BrN2O4S. The number of hydrogen-bond acceptors (Lipinski definition) is 4. The van der Waals surface area contributed by atoms with Crippen LogP contribution >= 0.6 is 15.9 Å². The predicted octanol–water partition coefficient (Wildman–Crippen LogP) is 3.17. The van der Waals surface area contributed by atoms with Crippen molar-refractivity contribution >= 4 is 43.2 Å². The molecule has 0 atom stereocenters. The van der Waals surface area contributed by atoms with Gasteiger partial charge in [0.1, 0.15) is 12.3 Å². The molecule has 0 aliphatic carbocycles. The van der Waals surface area contributed by atoms with Crippen LogP contribution in [0, 0.1) is 6.92 Å². The molecule has 134 valence electrons. The Balaban J connectivity index is 2.29. The summed E-state index contributed by atoms with van der Waals surface area (Å²) in [5.41, 5.74) is 1.77. The number of anilines is 2. The molecular weight excluding hydrogens is 408 g/mol. The van der Waals surface area contributed by atoms with Crippen molar-refractivity contribution in [2.24, 2.45) is 0 Å². The molecule has 2 rings (SSSR count). The lowest BCUT2D eigenvalue weighted by Gasteiger charge is -2.24. The van der Waals surface area contributed by atoms with Crippen LogP contribution in [0.2, 0.25) is 0 Å². The van der Waals surface area contributed by atoms with Gasteiger partial charge in [-0.2, -0.15) is 0 Å². The van der Waals surface area contributed by atoms with Gasteiger partial charge in [0.25, 0.3) is 0 Å². The molecule has 0 aliphatic rings. The number of rotatable bonds is 6. The van der Waals surface area contributed by atoms with E-state index in [1.807, 2.05) is 13.0 Å². The van der Waals surface area contributed by atoms with Crippen LogP contribution in [0.1, 0.15) is 5.56 Å². The highest BCUT2D eigenvalue weighted by Crippen LogP contribution is 2.31. The van der Waals surface area contributed by atoms with E-state index in [0.717, 1.165) is 20.6 Å². The maximum Gasteiger partial charge on any atom is 0.245 e. The highest BCUT2D eigenvalue weighted by Gasteiger charge is 2.24. The normalized spacial score (nSPS) is 11.0. The van der Waals surface area contributed by atoms with Crippen molar-refractivity contribution in [3.63, 3.8) is 0 Å². The number of sulfonamides is 1. The second kappa shape index (κ2) is 7.88. The number of aryl methyl sites for hydroxylation is 1. The molecule has 0 unspecified atom stereocenters. The number of hydrogen-bond donors (Lipinski definition) is 1. The molecule has 1 N–H and O–H groups in total. The third-order valence-corrected chi connectivity index (χ3v) is 5.07. The van der Waals surface area contributed by atoms with Gasteiger partial charge < -0.3 is 10.1 Å². The first-order valence-electron chi connectivity index (χ1n) is 7.38. The number of benzene rings is 2. The zero-order valence-electron chi connectivity index (χ0n) is 14.1. The minimum atomic E-state index is -3.68. The molecule has 6 nitrogen and oxygen atoms in total. The second-order valence-electron chi connectivity index (χ2n) is 5.50. The van der Waals surface area contributed by atoms with Gasteiger partial charge in [0.05, 0.1) is 19.1 Å². The fraction of sp³-hybridized carbons (Fsp3) is 0.235. The van der Waals surface area contributed by atoms with E-state index in [1.54, 1.807) is 36.4 Å². The Morgan fingerprint density at radius 1 is 1.20 bits per heavy atom. The van der Waals surface area contributed by atoms with Crippen molar-refractivity contribution in [2.75, 3.05) is 29.5 Å². The van der Waals surface area contributed by atoms with Crippen LogP contribution in [0.5, 0.6) is 5.75 Å². The molecule has 0 radical (unpaired) electrons. The highest BCUT2D eigenvalue weighted by atomic mass is 79.9. The summed E-state index contributed by atoms with van der Waals surface area (Å²) in [6.07, 6.45) is 1.06. The minimum absolute atomic E-state index is 0.330. The third-order valence-electron chi connectivity index (χ3n) is 3.42. The lowest BCUT2D eigenvalue weighted by Crippen LogP contribution is -2.37. The molecule has 2 aromatic carbocycles. The maximum absolute atomic E-state index is 12.3. The summed E-state index contributed by atoms with van der Waals surface area (Å²) in [6.45, 7) is 1.49. The van der Waals surface area contributed by atoms with Gasteiger partial charge in [-0.25, -0.2) is 8.42 Å². The van der Waals surface area contributed by atoms with Crippen LogP contribution in [-0.2, 0) is 14.8 Å². The Labute approximate surface area is 156 Å². The number of carbonyl (C=O) groups excluding carboxylic acids is 1. The summed E-state index contributed by atoms with van der Waals surface area (Å²) in [6, 6.07) is 12.2. The highest BCUT2D eigenvalue weighted by molar-refractivity contribution is 9.10. The van der Waals surface area contributed by atoms with Gasteiger partial charge in [-0.1, -0.05) is 22.0 Å². The van der Waals surface area contributed by atoms with Crippen molar-refractivity contribution in [3.05, 3.63) is 52.5 Å². The van der Waals surface area contributed by atoms with Crippen molar-refractivity contribution in [2.45, 2.75) is 6.92 Å². The molecule has 2 aromatic rings. The Hall–Kier alpha value is -2.06. The molecule has 0 fully saturated rings. The summed E-state index contributed by atoms with van der Waals surface area (Å²) in [5.74, 6) is -0.0660. The topological polar surface area (TPSA) is 75.7 Å². The minimum Gasteiger partial charge on any atom is -0.495 e. The van der Waals surface area contributed by atoms with Crippen LogP contribution in [0.25, 0.3) is 0 Å². The summed E-state index contributed by atoms with van der Waals surface area (Å²) in [5, 5.41) is 2.69. The lowest BCUT2D eigenvalue weighted by atomic mass is 10.2. The fourth-order valence-corrected chi connectivity index (χ4v) is 3.36. The molecule has 0 aromatic heterocycles. The molecule has 1 amide bonds. The molecule has 0 saturated carbocycles. The molecule has 25 heavy (non-hydrogen) atoms. The summed E-state index contributed by atoms with van der Waals surface area (Å²) >= 11 is 3.32. The van der Waals surface area contributed by atoms with E-state index in [4.69, 9.17) is 4.74 Å². The van der Waals surface area contributed by atoms with E-state index in [0.29, 0.717) is 17.1 Å². The lowest BCUT2D eigenvalue weighted by molar-refractivity contribution is -0.114. The SMILES string of the molecule is COc1ccc(C)cc1N(CC(=O)Nc1ccc(Br)cc1)S(C)(=O)=O. The first-order valence-corrected chi connectivity index (χ1v) is 10.0. The first-order chi connectivity index (χ1) is 11.7. The van der Waals surface area contributed by atoms with E-state index in [-0.39, 0.29) is 6.54 Å². The quantitative estimate of drug-likeness (QED) is 0.769. The smallest absolute Gasteiger partial charge is 0.245 e. The van der Waals surface area contributed by atoms with Gasteiger partial charge >= 0.3 is 0 Å². The van der Waals surface area contributed by atoms with Crippen LogP contribution in [0.3, 0.4) is 0 Å². The third kappa shape index (κ3) is 5.20. The summed E-state index contributed by atoms with van der Waals surface area (Å²) < 4.78 is 31.6. The first kappa shape index (κ1) is 19.3. The van der Waals surface area contributed by atoms with Gasteiger partial charge in [0.2, 0.25) is 15.9 Å². The zero-order chi connectivity index (χ0) is 18.6. The van der Waals surface area contributed by atoms with E-state index < -0.39 is 15.9 Å². The molecule has 0 spiro atoms. The Morgan fingerprint density at radius 3 is 2.40 bits per heavy atom. The summed E-state index contributed by atoms with van der Waals surface area (Å²) in [7, 11) is -2.22. The van der Waals surface area contributed by atoms with E-state index >= 15 is 0 Å². The number of nitrogens with one attached hydrogen (secondary N) is 1. The number of carbonyl (C=O) groups is 1. The van der Waals surface area contributed by atoms with Gasteiger partial charge in [0.15, 0.2) is 0 Å². The van der Waals surface area contributed by atoms with Crippen LogP contribution < -0.4 is 14.4 Å². The largest absolute Gasteiger partial charge is 0.495 e. The molecule has 0 saturated heterocycles. The summed E-state index contributed by atoms with van der Waals surface area (Å²) in [4.78, 5) is 12.3. The van der Waals surface area contributed by atoms with Crippen molar-refractivity contribution in [1.29, 1.82) is 0 Å². The monoisotopic (exact) mass is 426 g/mol. The van der Waals surface area contributed by atoms with E-state index in [1.165, 1.54) is 7.11 Å². The second-order valence-corrected chi connectivity index (χ2v) is 8.32. The van der Waals surface area contributed by atoms with Crippen LogP contribution in [-0.4, -0.2) is 34.2 Å². The van der Waals surface area contributed by atoms with E-state index in [9.17, 15) is 13.2 Å². The van der Waals surface area contributed by atoms with Crippen LogP contribution in [0.4, 0.5) is 11.4 Å². The Kier molecular flexibility index (Phi) is 6.07. The number of ether oxygens (including phenoxy) is 1. The van der Waals surface area contributed by atoms with Crippen LogP contribution in [0.15, 0.2) is 46.9 Å². The average Bonchev–Trinajstić information content (AvgIpc) is 2.54. The molecule has 0 bridgehead atoms. The molecule has 0 aliphatic heterocycles. The molecule has 0 heterocycles. The van der Waals surface area contributed by atoms with Gasteiger partial charge in [-0.3, -0.25) is 9.10 Å². The predicted molar refractivity (Wildman–Crippen MR) is 103 cm³/mol. The zero-order valence-corrected chi connectivity index (χ0v) is 16.5. The average molecular weight is 427 g/mol. The van der Waals surface area contributed by atoms with Crippen molar-refractivity contribution in [3.8, 4) is 5.75 Å². The number of amides is 1. The standard InChI is InChI=1S/C17H19BrN2O4S/c1-12-4-9-16(24-2)15(10-12)20(25(3,22)23)11-17(21)19-14-7-5-13(18)6-8-14/h4-10H,11H2,1-3H3,(H,19,21). The number of halogens is 1. The molecule has 8 heteroatoms. The fourth-order valence-electron chi connectivity index (χ4n) is 2.24.